The van der Waals surface area contributed by atoms with Gasteiger partial charge in [-0.25, -0.2) is 9.78 Å². The summed E-state index contributed by atoms with van der Waals surface area (Å²) >= 11 is 0. The van der Waals surface area contributed by atoms with E-state index in [2.05, 4.69) is 29.7 Å². The first-order valence-corrected chi connectivity index (χ1v) is 12.2. The Hall–Kier alpha value is -3.61. The first kappa shape index (κ1) is 24.5. The summed E-state index contributed by atoms with van der Waals surface area (Å²) in [7, 11) is 1.63. The van der Waals surface area contributed by atoms with Gasteiger partial charge in [0.2, 0.25) is 0 Å². The number of amides is 2. The number of carbonyl (C=O) groups is 2. The third-order valence-electron chi connectivity index (χ3n) is 6.57. The molecule has 0 atom stereocenters. The number of benzene rings is 2. The Kier molecular flexibility index (Phi) is 7.54. The lowest BCUT2D eigenvalue weighted by atomic mass is 9.79. The highest BCUT2D eigenvalue weighted by molar-refractivity contribution is 5.95. The van der Waals surface area contributed by atoms with Crippen molar-refractivity contribution in [2.75, 3.05) is 19.0 Å². The Morgan fingerprint density at radius 2 is 1.77 bits per heavy atom. The molecule has 1 heterocycles. The fourth-order valence-electron chi connectivity index (χ4n) is 4.78. The molecule has 1 saturated carbocycles. The van der Waals surface area contributed by atoms with Crippen LogP contribution in [0.3, 0.4) is 0 Å². The van der Waals surface area contributed by atoms with Crippen LogP contribution in [0, 0.1) is 6.92 Å². The monoisotopic (exact) mass is 475 g/mol. The van der Waals surface area contributed by atoms with Gasteiger partial charge in [0.25, 0.3) is 0 Å². The highest BCUT2D eigenvalue weighted by atomic mass is 16.5. The average molecular weight is 476 g/mol. The van der Waals surface area contributed by atoms with Crippen LogP contribution >= 0.6 is 0 Å². The second-order valence-corrected chi connectivity index (χ2v) is 9.21. The summed E-state index contributed by atoms with van der Waals surface area (Å²) in [5.41, 5.74) is 3.85. The van der Waals surface area contributed by atoms with E-state index >= 15 is 0 Å². The van der Waals surface area contributed by atoms with Crippen LogP contribution in [0.25, 0.3) is 22.2 Å². The zero-order valence-electron chi connectivity index (χ0n) is 20.6. The molecule has 184 valence electrons. The number of nitrogens with zero attached hydrogens (tertiary/aromatic N) is 1. The number of hydrogen-bond donors (Lipinski definition) is 2. The normalized spacial score (nSPS) is 14.8. The van der Waals surface area contributed by atoms with E-state index in [1.807, 2.05) is 36.4 Å². The lowest BCUT2D eigenvalue weighted by Crippen LogP contribution is -2.52. The molecule has 1 aliphatic rings. The Morgan fingerprint density at radius 3 is 2.46 bits per heavy atom. The topological polar surface area (TPSA) is 89.5 Å². The molecule has 1 fully saturated rings. The molecule has 0 unspecified atom stereocenters. The summed E-state index contributed by atoms with van der Waals surface area (Å²) in [5, 5.41) is 6.82. The number of urea groups is 1. The number of hydrogen-bond acceptors (Lipinski definition) is 5. The van der Waals surface area contributed by atoms with Crippen LogP contribution in [0.1, 0.15) is 51.0 Å². The first-order chi connectivity index (χ1) is 16.9. The van der Waals surface area contributed by atoms with Crippen molar-refractivity contribution in [3.8, 4) is 17.0 Å². The molecule has 0 aliphatic heterocycles. The summed E-state index contributed by atoms with van der Waals surface area (Å²) in [6.45, 7) is 4.17. The van der Waals surface area contributed by atoms with Crippen LogP contribution in [0.2, 0.25) is 0 Å². The number of rotatable bonds is 7. The summed E-state index contributed by atoms with van der Waals surface area (Å²) in [5.74, 6) is 0.404. The number of aryl methyl sites for hydroxylation is 1. The summed E-state index contributed by atoms with van der Waals surface area (Å²) in [6.07, 6.45) is 4.76. The van der Waals surface area contributed by atoms with E-state index in [0.717, 1.165) is 54.3 Å². The van der Waals surface area contributed by atoms with Crippen molar-refractivity contribution in [1.82, 2.24) is 10.3 Å². The maximum absolute atomic E-state index is 13.0. The van der Waals surface area contributed by atoms with Crippen LogP contribution in [-0.4, -0.2) is 36.2 Å². The summed E-state index contributed by atoms with van der Waals surface area (Å²) in [4.78, 5) is 30.0. The summed E-state index contributed by atoms with van der Waals surface area (Å²) < 4.78 is 10.8. The first-order valence-electron chi connectivity index (χ1n) is 12.2. The third-order valence-corrected chi connectivity index (χ3v) is 6.57. The highest BCUT2D eigenvalue weighted by Gasteiger charge is 2.36. The molecule has 7 nitrogen and oxygen atoms in total. The molecule has 35 heavy (non-hydrogen) atoms. The Labute approximate surface area is 206 Å². The lowest BCUT2D eigenvalue weighted by molar-refractivity contribution is -0.145. The number of ether oxygens (including phenoxy) is 2. The third kappa shape index (κ3) is 5.91. The lowest BCUT2D eigenvalue weighted by Gasteiger charge is -2.37. The second kappa shape index (κ2) is 10.8. The van der Waals surface area contributed by atoms with E-state index in [0.29, 0.717) is 18.0 Å². The van der Waals surface area contributed by atoms with Gasteiger partial charge in [-0.2, -0.15) is 0 Å². The van der Waals surface area contributed by atoms with Crippen molar-refractivity contribution in [3.63, 3.8) is 0 Å². The van der Waals surface area contributed by atoms with Crippen LogP contribution in [-0.2, 0) is 9.53 Å². The maximum Gasteiger partial charge on any atom is 0.319 e. The van der Waals surface area contributed by atoms with Gasteiger partial charge in [0.1, 0.15) is 5.75 Å². The van der Waals surface area contributed by atoms with Gasteiger partial charge in [0.15, 0.2) is 0 Å². The van der Waals surface area contributed by atoms with E-state index in [-0.39, 0.29) is 18.4 Å². The number of fused-ring (bicyclic) bond motifs is 1. The Bertz CT molecular complexity index is 1200. The van der Waals surface area contributed by atoms with Crippen molar-refractivity contribution in [2.45, 2.75) is 57.9 Å². The number of carbonyl (C=O) groups excluding carboxylic acids is 2. The van der Waals surface area contributed by atoms with E-state index in [1.54, 1.807) is 14.0 Å². The van der Waals surface area contributed by atoms with Crippen LogP contribution in [0.4, 0.5) is 10.5 Å². The number of pyridine rings is 1. The molecule has 3 aromatic rings. The van der Waals surface area contributed by atoms with Gasteiger partial charge >= 0.3 is 12.0 Å². The molecule has 0 bridgehead atoms. The molecular weight excluding hydrogens is 442 g/mol. The van der Waals surface area contributed by atoms with Crippen molar-refractivity contribution in [1.29, 1.82) is 0 Å². The second-order valence-electron chi connectivity index (χ2n) is 9.21. The fraction of sp³-hybridized carbons (Fsp3) is 0.393. The molecule has 2 amide bonds. The molecule has 2 aromatic carbocycles. The average Bonchev–Trinajstić information content (AvgIpc) is 2.84. The molecule has 2 N–H and O–H groups in total. The fourth-order valence-corrected chi connectivity index (χ4v) is 4.78. The summed E-state index contributed by atoms with van der Waals surface area (Å²) in [6, 6.07) is 15.3. The molecular formula is C28H33N3O4. The number of nitrogens with one attached hydrogen (secondary N) is 2. The van der Waals surface area contributed by atoms with Crippen molar-refractivity contribution in [3.05, 3.63) is 54.1 Å². The van der Waals surface area contributed by atoms with Gasteiger partial charge in [-0.15, -0.1) is 0 Å². The van der Waals surface area contributed by atoms with Gasteiger partial charge in [-0.05, 0) is 44.9 Å². The van der Waals surface area contributed by atoms with Crippen molar-refractivity contribution >= 4 is 28.6 Å². The molecule has 0 saturated heterocycles. The molecule has 1 aromatic heterocycles. The van der Waals surface area contributed by atoms with E-state index in [4.69, 9.17) is 14.5 Å². The standard InChI is InChI=1S/C28H33N3O4/c1-4-35-26(32)18-28(14-6-5-7-15-28)31-27(33)29-21-12-13-23-22(16-21)25(34-3)17-24(30-23)20-10-8-19(2)9-11-20/h8-13,16-17H,4-7,14-15,18H2,1-3H3,(H2,29,31,33). The van der Waals surface area contributed by atoms with Gasteiger partial charge in [0, 0.05) is 22.7 Å². The molecule has 7 heteroatoms. The van der Waals surface area contributed by atoms with E-state index < -0.39 is 5.54 Å². The quantitative estimate of drug-likeness (QED) is 0.409. The van der Waals surface area contributed by atoms with Crippen molar-refractivity contribution < 1.29 is 19.1 Å². The minimum absolute atomic E-state index is 0.186. The molecule has 1 aliphatic carbocycles. The van der Waals surface area contributed by atoms with Gasteiger partial charge in [-0.1, -0.05) is 49.1 Å². The highest BCUT2D eigenvalue weighted by Crippen LogP contribution is 2.33. The zero-order valence-corrected chi connectivity index (χ0v) is 20.6. The molecule has 0 spiro atoms. The van der Waals surface area contributed by atoms with E-state index in [9.17, 15) is 9.59 Å². The minimum Gasteiger partial charge on any atom is -0.496 e. The van der Waals surface area contributed by atoms with Crippen LogP contribution < -0.4 is 15.4 Å². The van der Waals surface area contributed by atoms with Gasteiger partial charge in [-0.3, -0.25) is 4.79 Å². The number of anilines is 1. The van der Waals surface area contributed by atoms with Crippen molar-refractivity contribution in [2.24, 2.45) is 0 Å². The van der Waals surface area contributed by atoms with Crippen LogP contribution in [0.5, 0.6) is 5.75 Å². The zero-order chi connectivity index (χ0) is 24.8. The number of methoxy groups -OCH3 is 1. The molecule has 0 radical (unpaired) electrons. The number of aromatic nitrogens is 1. The minimum atomic E-state index is -0.576. The van der Waals surface area contributed by atoms with Gasteiger partial charge < -0.3 is 20.1 Å². The predicted octanol–water partition coefficient (Wildman–Crippen LogP) is 6.00. The Balaban J connectivity index is 1.54. The van der Waals surface area contributed by atoms with Gasteiger partial charge in [0.05, 0.1) is 36.9 Å². The van der Waals surface area contributed by atoms with Crippen LogP contribution in [0.15, 0.2) is 48.5 Å². The smallest absolute Gasteiger partial charge is 0.319 e. The van der Waals surface area contributed by atoms with E-state index in [1.165, 1.54) is 5.56 Å². The predicted molar refractivity (Wildman–Crippen MR) is 138 cm³/mol. The number of esters is 1. The maximum atomic E-state index is 13.0. The Morgan fingerprint density at radius 1 is 1.03 bits per heavy atom. The largest absolute Gasteiger partial charge is 0.496 e. The molecule has 4 rings (SSSR count). The SMILES string of the molecule is CCOC(=O)CC1(NC(=O)Nc2ccc3nc(-c4ccc(C)cc4)cc(OC)c3c2)CCCCC1.